The molecule has 0 N–H and O–H groups in total. The summed E-state index contributed by atoms with van der Waals surface area (Å²) in [6.45, 7) is 4.37. The van der Waals surface area contributed by atoms with E-state index in [2.05, 4.69) is 32.0 Å². The molecule has 1 aromatic rings. The summed E-state index contributed by atoms with van der Waals surface area (Å²) in [6.07, 6.45) is 5.60. The van der Waals surface area contributed by atoms with Crippen LogP contribution in [0.4, 0.5) is 0 Å². The van der Waals surface area contributed by atoms with Crippen LogP contribution in [0.2, 0.25) is 0 Å². The van der Waals surface area contributed by atoms with Crippen LogP contribution in [-0.2, 0) is 0 Å². The summed E-state index contributed by atoms with van der Waals surface area (Å²) in [5.41, 5.74) is 1.29. The van der Waals surface area contributed by atoms with Crippen molar-refractivity contribution in [2.45, 2.75) is 58.0 Å². The van der Waals surface area contributed by atoms with Crippen molar-refractivity contribution in [2.24, 2.45) is 5.92 Å². The van der Waals surface area contributed by atoms with Crippen molar-refractivity contribution in [1.82, 2.24) is 0 Å². The predicted octanol–water partition coefficient (Wildman–Crippen LogP) is 4.66. The van der Waals surface area contributed by atoms with E-state index in [0.29, 0.717) is 5.92 Å². The van der Waals surface area contributed by atoms with Gasteiger partial charge in [0.2, 0.25) is 0 Å². The average molecular weight is 257 g/mol. The van der Waals surface area contributed by atoms with E-state index in [1.54, 1.807) is 0 Å². The zero-order valence-electron chi connectivity index (χ0n) is 11.9. The first kappa shape index (κ1) is 13.9. The third kappa shape index (κ3) is 3.73. The first-order valence-electron chi connectivity index (χ1n) is 7.37. The molecule has 102 valence electrons. The largest absolute Gasteiger partial charge is 0.489 e. The van der Waals surface area contributed by atoms with E-state index >= 15 is 0 Å². The van der Waals surface area contributed by atoms with Gasteiger partial charge in [-0.15, -0.1) is 0 Å². The van der Waals surface area contributed by atoms with Crippen LogP contribution < -0.4 is 4.74 Å². The van der Waals surface area contributed by atoms with Crippen LogP contribution in [0, 0.1) is 17.2 Å². The maximum Gasteiger partial charge on any atom is 0.120 e. The lowest BCUT2D eigenvalue weighted by Crippen LogP contribution is -2.24. The highest BCUT2D eigenvalue weighted by Crippen LogP contribution is 2.28. The van der Waals surface area contributed by atoms with E-state index in [1.807, 2.05) is 12.1 Å². The molecular weight excluding hydrogens is 234 g/mol. The highest BCUT2D eigenvalue weighted by Gasteiger charge is 2.25. The molecule has 0 bridgehead atoms. The van der Waals surface area contributed by atoms with Gasteiger partial charge in [-0.25, -0.2) is 0 Å². The van der Waals surface area contributed by atoms with Gasteiger partial charge in [-0.05, 0) is 42.9 Å². The average Bonchev–Trinajstić information content (AvgIpc) is 2.64. The third-order valence-electron chi connectivity index (χ3n) is 3.93. The molecule has 2 nitrogen and oxygen atoms in total. The van der Waals surface area contributed by atoms with E-state index in [4.69, 9.17) is 4.74 Å². The van der Waals surface area contributed by atoms with Crippen molar-refractivity contribution >= 4 is 0 Å². The van der Waals surface area contributed by atoms with E-state index in [-0.39, 0.29) is 12.0 Å². The summed E-state index contributed by atoms with van der Waals surface area (Å²) in [5.74, 6) is 1.47. The fourth-order valence-corrected chi connectivity index (χ4v) is 2.68. The highest BCUT2D eigenvalue weighted by molar-refractivity contribution is 5.30. The van der Waals surface area contributed by atoms with Crippen molar-refractivity contribution in [3.63, 3.8) is 0 Å². The molecule has 2 atom stereocenters. The molecule has 1 saturated carbocycles. The van der Waals surface area contributed by atoms with Gasteiger partial charge < -0.3 is 4.74 Å². The predicted molar refractivity (Wildman–Crippen MR) is 77.1 cm³/mol. The minimum Gasteiger partial charge on any atom is -0.489 e. The smallest absolute Gasteiger partial charge is 0.120 e. The molecule has 2 unspecified atom stereocenters. The number of nitriles is 1. The van der Waals surface area contributed by atoms with Gasteiger partial charge in [-0.1, -0.05) is 38.8 Å². The molecule has 1 fully saturated rings. The van der Waals surface area contributed by atoms with Crippen molar-refractivity contribution in [3.05, 3.63) is 29.8 Å². The monoisotopic (exact) mass is 257 g/mol. The number of ether oxygens (including phenoxy) is 1. The fraction of sp³-hybridized carbons (Fsp3) is 0.588. The van der Waals surface area contributed by atoms with Crippen LogP contribution in [0.1, 0.15) is 57.4 Å². The maximum atomic E-state index is 9.28. The Morgan fingerprint density at radius 1 is 1.21 bits per heavy atom. The molecule has 1 aliphatic carbocycles. The van der Waals surface area contributed by atoms with Gasteiger partial charge in [-0.2, -0.15) is 5.26 Å². The normalized spacial score (nSPS) is 23.7. The van der Waals surface area contributed by atoms with Gasteiger partial charge in [0.25, 0.3) is 0 Å². The van der Waals surface area contributed by atoms with Crippen LogP contribution in [0.25, 0.3) is 0 Å². The van der Waals surface area contributed by atoms with E-state index in [0.717, 1.165) is 25.0 Å². The van der Waals surface area contributed by atoms with Crippen LogP contribution in [0.15, 0.2) is 24.3 Å². The zero-order chi connectivity index (χ0) is 13.7. The second-order valence-electron chi connectivity index (χ2n) is 5.76. The van der Waals surface area contributed by atoms with Crippen LogP contribution in [0.3, 0.4) is 0 Å². The lowest BCUT2D eigenvalue weighted by molar-refractivity contribution is 0.152. The summed E-state index contributed by atoms with van der Waals surface area (Å²) in [4.78, 5) is 0. The minimum atomic E-state index is 0.0465. The molecule has 0 spiro atoms. The summed E-state index contributed by atoms with van der Waals surface area (Å²) in [6, 6.07) is 10.7. The quantitative estimate of drug-likeness (QED) is 0.738. The van der Waals surface area contributed by atoms with Gasteiger partial charge in [0, 0.05) is 0 Å². The SMILES string of the molecule is CC(C)c1cccc(OC2CCCCCC2C#N)c1. The molecular formula is C17H23NO. The zero-order valence-corrected chi connectivity index (χ0v) is 11.9. The van der Waals surface area contributed by atoms with Crippen molar-refractivity contribution < 1.29 is 4.74 Å². The molecule has 0 heterocycles. The van der Waals surface area contributed by atoms with Crippen LogP contribution in [0.5, 0.6) is 5.75 Å². The molecule has 1 aliphatic rings. The first-order chi connectivity index (χ1) is 9.20. The van der Waals surface area contributed by atoms with E-state index in [1.165, 1.54) is 18.4 Å². The molecule has 0 aliphatic heterocycles. The molecule has 19 heavy (non-hydrogen) atoms. The number of benzene rings is 1. The van der Waals surface area contributed by atoms with Crippen LogP contribution in [-0.4, -0.2) is 6.10 Å². The Morgan fingerprint density at radius 2 is 2.00 bits per heavy atom. The second-order valence-corrected chi connectivity index (χ2v) is 5.76. The Morgan fingerprint density at radius 3 is 2.74 bits per heavy atom. The van der Waals surface area contributed by atoms with Gasteiger partial charge in [0.15, 0.2) is 0 Å². The van der Waals surface area contributed by atoms with Crippen LogP contribution >= 0.6 is 0 Å². The van der Waals surface area contributed by atoms with E-state index in [9.17, 15) is 5.26 Å². The standard InChI is InChI=1S/C17H23NO/c1-13(2)14-8-6-9-16(11-14)19-17-10-5-3-4-7-15(17)12-18/h6,8-9,11,13,15,17H,3-5,7,10H2,1-2H3. The number of hydrogen-bond acceptors (Lipinski definition) is 2. The van der Waals surface area contributed by atoms with Gasteiger partial charge in [-0.3, -0.25) is 0 Å². The first-order valence-corrected chi connectivity index (χ1v) is 7.37. The molecule has 0 amide bonds. The number of rotatable bonds is 3. The van der Waals surface area contributed by atoms with Crippen molar-refractivity contribution in [3.8, 4) is 11.8 Å². The number of nitrogens with zero attached hydrogens (tertiary/aromatic N) is 1. The molecule has 0 saturated heterocycles. The molecule has 2 rings (SSSR count). The topological polar surface area (TPSA) is 33.0 Å². The van der Waals surface area contributed by atoms with Gasteiger partial charge >= 0.3 is 0 Å². The fourth-order valence-electron chi connectivity index (χ4n) is 2.68. The second kappa shape index (κ2) is 6.61. The summed E-state index contributed by atoms with van der Waals surface area (Å²) >= 11 is 0. The summed E-state index contributed by atoms with van der Waals surface area (Å²) in [5, 5.41) is 9.28. The minimum absolute atomic E-state index is 0.0465. The summed E-state index contributed by atoms with van der Waals surface area (Å²) < 4.78 is 6.11. The Kier molecular flexibility index (Phi) is 4.85. The third-order valence-corrected chi connectivity index (χ3v) is 3.93. The molecule has 0 radical (unpaired) electrons. The molecule has 1 aromatic carbocycles. The summed E-state index contributed by atoms with van der Waals surface area (Å²) in [7, 11) is 0. The Bertz CT molecular complexity index is 447. The molecule has 0 aromatic heterocycles. The van der Waals surface area contributed by atoms with Crippen molar-refractivity contribution in [1.29, 1.82) is 5.26 Å². The Balaban J connectivity index is 2.10. The molecule has 2 heteroatoms. The van der Waals surface area contributed by atoms with Gasteiger partial charge in [0.05, 0.1) is 12.0 Å². The lowest BCUT2D eigenvalue weighted by atomic mass is 9.98. The highest BCUT2D eigenvalue weighted by atomic mass is 16.5. The maximum absolute atomic E-state index is 9.28. The number of hydrogen-bond donors (Lipinski definition) is 0. The Labute approximate surface area is 116 Å². The van der Waals surface area contributed by atoms with E-state index < -0.39 is 0 Å². The van der Waals surface area contributed by atoms with Gasteiger partial charge in [0.1, 0.15) is 11.9 Å². The van der Waals surface area contributed by atoms with Crippen molar-refractivity contribution in [2.75, 3.05) is 0 Å². The lowest BCUT2D eigenvalue weighted by Gasteiger charge is -2.21. The Hall–Kier alpha value is -1.49.